The van der Waals surface area contributed by atoms with Crippen molar-refractivity contribution in [1.82, 2.24) is 4.90 Å². The molecule has 0 bridgehead atoms. The maximum atomic E-state index is 13.9. The molecule has 0 amide bonds. The second kappa shape index (κ2) is 7.74. The monoisotopic (exact) mass is 481 g/mol. The van der Waals surface area contributed by atoms with Crippen LogP contribution in [0.2, 0.25) is 0 Å². The highest BCUT2D eigenvalue weighted by Crippen LogP contribution is 2.40. The fourth-order valence-electron chi connectivity index (χ4n) is 3.72. The van der Waals surface area contributed by atoms with E-state index in [1.165, 1.54) is 18.2 Å². The van der Waals surface area contributed by atoms with Crippen LogP contribution in [-0.4, -0.2) is 18.2 Å². The SMILES string of the molecule is CC(C)CN1COc2ccc3c(=O)c(-c4ccc(Br)cc4)c(C(F)(F)F)oc3c2C1. The summed E-state index contributed by atoms with van der Waals surface area (Å²) in [5.74, 6) is -0.501. The van der Waals surface area contributed by atoms with Crippen LogP contribution in [0.15, 0.2) is 50.1 Å². The van der Waals surface area contributed by atoms with Gasteiger partial charge in [-0.15, -0.1) is 0 Å². The van der Waals surface area contributed by atoms with Gasteiger partial charge in [-0.05, 0) is 35.7 Å². The molecule has 4 rings (SSSR count). The number of rotatable bonds is 3. The highest BCUT2D eigenvalue weighted by molar-refractivity contribution is 9.10. The molecule has 158 valence electrons. The topological polar surface area (TPSA) is 42.7 Å². The van der Waals surface area contributed by atoms with Gasteiger partial charge in [0.2, 0.25) is 11.2 Å². The molecule has 30 heavy (non-hydrogen) atoms. The predicted octanol–water partition coefficient (Wildman–Crippen LogP) is 6.05. The normalized spacial score (nSPS) is 14.8. The summed E-state index contributed by atoms with van der Waals surface area (Å²) in [6, 6.07) is 9.19. The molecule has 0 unspecified atom stereocenters. The number of ether oxygens (including phenoxy) is 1. The molecular formula is C22H19BrF3NO3. The number of halogens is 4. The van der Waals surface area contributed by atoms with E-state index in [1.54, 1.807) is 18.2 Å². The van der Waals surface area contributed by atoms with Gasteiger partial charge in [0.15, 0.2) is 0 Å². The minimum atomic E-state index is -4.83. The smallest absolute Gasteiger partial charge is 0.450 e. The minimum absolute atomic E-state index is 0.0702. The number of hydrogen-bond donors (Lipinski definition) is 0. The first-order chi connectivity index (χ1) is 14.1. The molecular weight excluding hydrogens is 463 g/mol. The molecule has 0 N–H and O–H groups in total. The summed E-state index contributed by atoms with van der Waals surface area (Å²) in [5, 5.41) is 0.106. The van der Waals surface area contributed by atoms with Crippen molar-refractivity contribution in [2.45, 2.75) is 26.6 Å². The lowest BCUT2D eigenvalue weighted by Gasteiger charge is -2.30. The van der Waals surface area contributed by atoms with Crippen LogP contribution < -0.4 is 10.2 Å². The van der Waals surface area contributed by atoms with Crippen molar-refractivity contribution < 1.29 is 22.3 Å². The summed E-state index contributed by atoms with van der Waals surface area (Å²) >= 11 is 3.26. The summed E-state index contributed by atoms with van der Waals surface area (Å²) < 4.78 is 53.6. The Bertz CT molecular complexity index is 1150. The Morgan fingerprint density at radius 2 is 1.83 bits per heavy atom. The van der Waals surface area contributed by atoms with Crippen molar-refractivity contribution in [3.05, 3.63) is 62.4 Å². The fourth-order valence-corrected chi connectivity index (χ4v) is 3.99. The lowest BCUT2D eigenvalue weighted by molar-refractivity contribution is -0.152. The van der Waals surface area contributed by atoms with Crippen LogP contribution in [0.3, 0.4) is 0 Å². The van der Waals surface area contributed by atoms with Crippen molar-refractivity contribution in [3.63, 3.8) is 0 Å². The Labute approximate surface area is 179 Å². The predicted molar refractivity (Wildman–Crippen MR) is 111 cm³/mol. The summed E-state index contributed by atoms with van der Waals surface area (Å²) in [7, 11) is 0. The molecule has 2 heterocycles. The van der Waals surface area contributed by atoms with Gasteiger partial charge in [0, 0.05) is 17.6 Å². The Morgan fingerprint density at radius 3 is 2.47 bits per heavy atom. The van der Waals surface area contributed by atoms with Crippen molar-refractivity contribution >= 4 is 26.9 Å². The Kier molecular flexibility index (Phi) is 5.40. The van der Waals surface area contributed by atoms with E-state index in [9.17, 15) is 18.0 Å². The second-order valence-corrected chi connectivity index (χ2v) is 8.65. The van der Waals surface area contributed by atoms with E-state index in [0.29, 0.717) is 41.5 Å². The first kappa shape index (κ1) is 20.9. The van der Waals surface area contributed by atoms with Gasteiger partial charge in [0.1, 0.15) is 18.1 Å². The van der Waals surface area contributed by atoms with E-state index < -0.39 is 22.9 Å². The average molecular weight is 482 g/mol. The summed E-state index contributed by atoms with van der Waals surface area (Å²) in [5.41, 5.74) is -0.659. The van der Waals surface area contributed by atoms with Crippen LogP contribution in [0.1, 0.15) is 25.2 Å². The van der Waals surface area contributed by atoms with Gasteiger partial charge in [-0.25, -0.2) is 0 Å². The lowest BCUT2D eigenvalue weighted by atomic mass is 9.99. The van der Waals surface area contributed by atoms with Crippen molar-refractivity contribution in [2.75, 3.05) is 13.3 Å². The first-order valence-corrected chi connectivity index (χ1v) is 10.3. The van der Waals surface area contributed by atoms with Crippen LogP contribution in [0.4, 0.5) is 13.2 Å². The molecule has 0 saturated heterocycles. The van der Waals surface area contributed by atoms with Gasteiger partial charge >= 0.3 is 6.18 Å². The van der Waals surface area contributed by atoms with Crippen LogP contribution in [0, 0.1) is 5.92 Å². The Morgan fingerprint density at radius 1 is 1.13 bits per heavy atom. The number of benzene rings is 2. The summed E-state index contributed by atoms with van der Waals surface area (Å²) in [6.07, 6.45) is -4.83. The standard InChI is InChI=1S/C22H19BrF3NO3/c1-12(2)9-27-10-16-17(29-11-27)8-7-15-19(28)18(13-3-5-14(23)6-4-13)21(22(24,25)26)30-20(15)16/h3-8,12H,9-11H2,1-2H3. The minimum Gasteiger partial charge on any atom is -0.478 e. The third-order valence-corrected chi connectivity index (χ3v) is 5.45. The summed E-state index contributed by atoms with van der Waals surface area (Å²) in [6.45, 7) is 5.49. The van der Waals surface area contributed by atoms with Gasteiger partial charge in [-0.1, -0.05) is 41.9 Å². The molecule has 3 aromatic rings. The third kappa shape index (κ3) is 3.86. The highest BCUT2D eigenvalue weighted by Gasteiger charge is 2.40. The van der Waals surface area contributed by atoms with Crippen LogP contribution >= 0.6 is 15.9 Å². The molecule has 4 nitrogen and oxygen atoms in total. The molecule has 1 aromatic heterocycles. The molecule has 0 fully saturated rings. The summed E-state index contributed by atoms with van der Waals surface area (Å²) in [4.78, 5) is 15.2. The molecule has 1 aliphatic rings. The quantitative estimate of drug-likeness (QED) is 0.456. The van der Waals surface area contributed by atoms with E-state index in [0.717, 1.165) is 0 Å². The van der Waals surface area contributed by atoms with E-state index in [2.05, 4.69) is 15.9 Å². The van der Waals surface area contributed by atoms with Gasteiger partial charge in [-0.3, -0.25) is 9.69 Å². The number of nitrogens with zero attached hydrogens (tertiary/aromatic N) is 1. The maximum absolute atomic E-state index is 13.9. The van der Waals surface area contributed by atoms with E-state index in [4.69, 9.17) is 9.15 Å². The Balaban J connectivity index is 1.97. The molecule has 0 radical (unpaired) electrons. The molecule has 8 heteroatoms. The molecule has 0 aliphatic carbocycles. The van der Waals surface area contributed by atoms with E-state index >= 15 is 0 Å². The van der Waals surface area contributed by atoms with Gasteiger partial charge in [0.05, 0.1) is 16.5 Å². The molecule has 1 aliphatic heterocycles. The fraction of sp³-hybridized carbons (Fsp3) is 0.318. The van der Waals surface area contributed by atoms with E-state index in [1.807, 2.05) is 18.7 Å². The number of fused-ring (bicyclic) bond motifs is 3. The van der Waals surface area contributed by atoms with Gasteiger partial charge in [0.25, 0.3) is 0 Å². The van der Waals surface area contributed by atoms with Crippen LogP contribution in [-0.2, 0) is 12.7 Å². The van der Waals surface area contributed by atoms with Crippen molar-refractivity contribution in [1.29, 1.82) is 0 Å². The first-order valence-electron chi connectivity index (χ1n) is 9.46. The largest absolute Gasteiger partial charge is 0.478 e. The zero-order valence-electron chi connectivity index (χ0n) is 16.3. The third-order valence-electron chi connectivity index (χ3n) is 4.92. The van der Waals surface area contributed by atoms with Crippen LogP contribution in [0.25, 0.3) is 22.1 Å². The van der Waals surface area contributed by atoms with Crippen LogP contribution in [0.5, 0.6) is 5.75 Å². The number of alkyl halides is 3. The maximum Gasteiger partial charge on any atom is 0.450 e. The van der Waals surface area contributed by atoms with E-state index in [-0.39, 0.29) is 16.5 Å². The number of hydrogen-bond acceptors (Lipinski definition) is 4. The molecule has 0 spiro atoms. The Hall–Kier alpha value is -2.32. The lowest BCUT2D eigenvalue weighted by Crippen LogP contribution is -2.35. The van der Waals surface area contributed by atoms with Crippen molar-refractivity contribution in [3.8, 4) is 16.9 Å². The van der Waals surface area contributed by atoms with Gasteiger partial charge < -0.3 is 9.15 Å². The van der Waals surface area contributed by atoms with Gasteiger partial charge in [-0.2, -0.15) is 13.2 Å². The molecule has 0 saturated carbocycles. The van der Waals surface area contributed by atoms with Crippen molar-refractivity contribution in [2.24, 2.45) is 5.92 Å². The molecule has 0 atom stereocenters. The second-order valence-electron chi connectivity index (χ2n) is 7.74. The molecule has 2 aromatic carbocycles. The average Bonchev–Trinajstić information content (AvgIpc) is 2.67. The highest BCUT2D eigenvalue weighted by atomic mass is 79.9. The zero-order valence-corrected chi connectivity index (χ0v) is 17.9. The zero-order chi connectivity index (χ0) is 21.6.